The number of benzene rings is 7. The van der Waals surface area contributed by atoms with Crippen molar-refractivity contribution in [3.8, 4) is 66.0 Å². The number of rotatable bonds is 22. The zero-order valence-electron chi connectivity index (χ0n) is 75.4. The number of aromatic nitrogens is 14. The Balaban J connectivity index is 0.000000110. The van der Waals surface area contributed by atoms with Crippen molar-refractivity contribution < 1.29 is 23.6 Å². The van der Waals surface area contributed by atoms with E-state index in [0.29, 0.717) is 56.3 Å². The summed E-state index contributed by atoms with van der Waals surface area (Å²) in [6, 6.07) is 66.8. The van der Waals surface area contributed by atoms with Crippen LogP contribution in [0.1, 0.15) is 76.0 Å². The maximum Gasteiger partial charge on any atom is 0.311 e. The molecule has 0 aliphatic carbocycles. The number of aryl methyl sites for hydroxylation is 1. The second-order valence-electron chi connectivity index (χ2n) is 34.1. The zero-order chi connectivity index (χ0) is 93.5. The number of anilines is 4. The number of imidazole rings is 3. The van der Waals surface area contributed by atoms with Crippen molar-refractivity contribution in [3.63, 3.8) is 0 Å². The molecule has 17 heterocycles. The number of nitrogens with one attached hydrogen (secondary N) is 7. The van der Waals surface area contributed by atoms with Gasteiger partial charge < -0.3 is 46.5 Å². The molecule has 0 radical (unpaired) electrons. The lowest BCUT2D eigenvalue weighted by Crippen LogP contribution is -2.43. The van der Waals surface area contributed by atoms with Gasteiger partial charge in [0.1, 0.15) is 30.9 Å². The van der Waals surface area contributed by atoms with Crippen LogP contribution in [-0.2, 0) is 26.2 Å². The number of likely N-dealkylation sites (tertiary alicyclic amines) is 1. The van der Waals surface area contributed by atoms with Gasteiger partial charge in [0.2, 0.25) is 0 Å². The molecule has 13 aromatic heterocycles. The third-order valence-electron chi connectivity index (χ3n) is 24.3. The predicted octanol–water partition coefficient (Wildman–Crippen LogP) is 17.9. The summed E-state index contributed by atoms with van der Waals surface area (Å²) in [4.78, 5) is 116. The topological polar surface area (TPSA) is 334 Å². The van der Waals surface area contributed by atoms with E-state index in [4.69, 9.17) is 24.4 Å². The fourth-order valence-electron chi connectivity index (χ4n) is 17.5. The number of nitrogens with zero attached hydrogens (tertiary/aromatic N) is 18. The predicted molar refractivity (Wildman–Crippen MR) is 548 cm³/mol. The molecule has 20 aromatic rings. The van der Waals surface area contributed by atoms with E-state index in [0.717, 1.165) is 205 Å². The molecule has 2 bridgehead atoms. The Morgan fingerprint density at radius 3 is 1.62 bits per heavy atom. The molecule has 7 aromatic carbocycles. The van der Waals surface area contributed by atoms with Crippen LogP contribution >= 0.6 is 56.7 Å². The van der Waals surface area contributed by atoms with E-state index in [1.54, 1.807) is 64.7 Å². The van der Waals surface area contributed by atoms with Gasteiger partial charge in [0.05, 0.1) is 62.8 Å². The largest absolute Gasteiger partial charge is 0.431 e. The van der Waals surface area contributed by atoms with Gasteiger partial charge in [0.15, 0.2) is 26.1 Å². The van der Waals surface area contributed by atoms with E-state index in [2.05, 4.69) is 140 Å². The second kappa shape index (κ2) is 40.8. The first-order valence-corrected chi connectivity index (χ1v) is 49.6. The van der Waals surface area contributed by atoms with Crippen LogP contribution in [0.2, 0.25) is 0 Å². The van der Waals surface area contributed by atoms with Crippen LogP contribution in [0, 0.1) is 6.92 Å². The molecule has 690 valence electrons. The fourth-order valence-corrected chi connectivity index (χ4v) is 22.0. The summed E-state index contributed by atoms with van der Waals surface area (Å²) in [7, 11) is 4.05. The van der Waals surface area contributed by atoms with Crippen molar-refractivity contribution in [2.24, 2.45) is 0 Å². The quantitative estimate of drug-likeness (QED) is 0.0331. The maximum atomic E-state index is 13.3. The maximum absolute atomic E-state index is 13.3. The van der Waals surface area contributed by atoms with Crippen molar-refractivity contribution in [3.05, 3.63) is 322 Å². The minimum absolute atomic E-state index is 0.0253. The van der Waals surface area contributed by atoms with Gasteiger partial charge in [-0.15, -0.1) is 45.3 Å². The summed E-state index contributed by atoms with van der Waals surface area (Å²) in [6.07, 6.45) is 16.0. The number of piperazine rings is 3. The molecular weight excluding hydrogens is 1830 g/mol. The van der Waals surface area contributed by atoms with Crippen molar-refractivity contribution in [1.29, 1.82) is 0 Å². The van der Waals surface area contributed by atoms with Gasteiger partial charge >= 0.3 is 5.91 Å². The summed E-state index contributed by atoms with van der Waals surface area (Å²) >= 11 is 7.83. The highest BCUT2D eigenvalue weighted by molar-refractivity contribution is 7.21. The molecule has 7 N–H and O–H groups in total. The van der Waals surface area contributed by atoms with Gasteiger partial charge in [0, 0.05) is 214 Å². The molecule has 0 saturated carbocycles. The molecule has 4 amide bonds. The van der Waals surface area contributed by atoms with Crippen molar-refractivity contribution >= 4 is 151 Å². The monoisotopic (exact) mass is 1920 g/mol. The lowest BCUT2D eigenvalue weighted by molar-refractivity contribution is 0.0989. The van der Waals surface area contributed by atoms with Gasteiger partial charge in [-0.05, 0) is 129 Å². The van der Waals surface area contributed by atoms with E-state index in [1.807, 2.05) is 221 Å². The smallest absolute Gasteiger partial charge is 0.311 e. The molecule has 30 nitrogen and oxygen atoms in total. The average Bonchev–Trinajstić information content (AvgIpc) is 1.56. The number of hydrogen-bond acceptors (Lipinski definition) is 28. The van der Waals surface area contributed by atoms with E-state index in [9.17, 15) is 19.2 Å². The average molecular weight is 1920 g/mol. The Bertz CT molecular complexity index is 7790. The first kappa shape index (κ1) is 89.9. The Morgan fingerprint density at radius 1 is 0.471 bits per heavy atom. The number of amides is 4. The fraction of sp³-hybridized carbons (Fsp3) is 0.194. The third-order valence-corrected chi connectivity index (χ3v) is 29.2. The highest BCUT2D eigenvalue weighted by Crippen LogP contribution is 2.39. The first-order chi connectivity index (χ1) is 67.7. The highest BCUT2D eigenvalue weighted by Gasteiger charge is 2.38. The number of fused-ring (bicyclic) bond motifs is 8. The molecule has 24 rings (SSSR count). The third kappa shape index (κ3) is 20.2. The van der Waals surface area contributed by atoms with Crippen LogP contribution < -0.4 is 37.2 Å². The number of thiazole rings is 5. The number of carbonyl (C=O) groups is 4. The van der Waals surface area contributed by atoms with Gasteiger partial charge in [-0.1, -0.05) is 133 Å². The molecule has 0 spiro atoms. The van der Waals surface area contributed by atoms with E-state index in [-0.39, 0.29) is 29.3 Å². The summed E-state index contributed by atoms with van der Waals surface area (Å²) in [5, 5.41) is 30.7. The summed E-state index contributed by atoms with van der Waals surface area (Å²) in [5.74, 6) is -1.08. The van der Waals surface area contributed by atoms with Crippen molar-refractivity contribution in [2.45, 2.75) is 51.6 Å². The first-order valence-electron chi connectivity index (χ1n) is 45.4. The Labute approximate surface area is 812 Å². The minimum Gasteiger partial charge on any atom is -0.431 e. The van der Waals surface area contributed by atoms with Crippen LogP contribution in [0.3, 0.4) is 0 Å². The Morgan fingerprint density at radius 2 is 1.02 bits per heavy atom. The van der Waals surface area contributed by atoms with Crippen molar-refractivity contribution in [2.75, 3.05) is 101 Å². The van der Waals surface area contributed by atoms with E-state index in [1.165, 1.54) is 52.4 Å². The molecule has 2 atom stereocenters. The number of carbonyl (C=O) groups excluding carboxylic acids is 4. The Kier molecular flexibility index (Phi) is 26.6. The van der Waals surface area contributed by atoms with Gasteiger partial charge in [-0.2, -0.15) is 4.98 Å². The lowest BCUT2D eigenvalue weighted by Gasteiger charge is -2.26. The van der Waals surface area contributed by atoms with E-state index >= 15 is 0 Å². The van der Waals surface area contributed by atoms with Crippen LogP contribution in [0.4, 0.5) is 22.7 Å². The molecule has 4 aliphatic rings. The normalized spacial score (nSPS) is 15.0. The van der Waals surface area contributed by atoms with Crippen LogP contribution in [0.5, 0.6) is 0 Å². The molecule has 138 heavy (non-hydrogen) atoms. The zero-order valence-corrected chi connectivity index (χ0v) is 79.5. The van der Waals surface area contributed by atoms with Gasteiger partial charge in [-0.3, -0.25) is 57.0 Å². The number of para-hydroxylation sites is 6. The number of oxazole rings is 1. The second-order valence-corrected chi connectivity index (χ2v) is 38.6. The van der Waals surface area contributed by atoms with Crippen LogP contribution in [0.25, 0.3) is 114 Å². The highest BCUT2D eigenvalue weighted by atomic mass is 32.1. The molecular formula is C103H93N25O5S5. The van der Waals surface area contributed by atoms with Crippen molar-refractivity contribution in [1.82, 2.24) is 104 Å². The number of hydrogen-bond donors (Lipinski definition) is 7. The molecule has 2 unspecified atom stereocenters. The molecule has 35 heteroatoms. The lowest BCUT2D eigenvalue weighted by atomic mass is 10.0. The van der Waals surface area contributed by atoms with Crippen LogP contribution in [0.15, 0.2) is 276 Å². The van der Waals surface area contributed by atoms with Gasteiger partial charge in [0.25, 0.3) is 23.6 Å². The standard InChI is InChI=1S/C29H27N5OS.C27H25N7OS2.C24H20N6OS.C23H21N7O2S/c35-28(23-10-6-9-22(17-23)21-7-2-1-3-8-21)31-26-12-5-4-11-25(26)27-19-34-24(20-36-29(34)32-27)18-33-15-13-30-14-16-33;1-16-24(37-26(30-16)17-5-4-8-28-10-17)25(35)31-22-7-3-2-6-21(22)23-14-34-20(15-36-27(34)32-23)13-33-12-18-9-19(33)11-29-18;1-30(2)14-15-11-20-24(26-12-15)32-23(29-20)16-7-3-4-8-17(16)28-22(31)21-13-25-18-9-5-6-10-19(18)27-21;31-21(22-28-20-19(32-22)6-3-7-25-20)26-17-5-2-1-4-16(17)18-13-30-15(14-33-23(30)27-18)12-29-10-8-24-9-11-29/h1-12,17,19-20,30H,13-16,18H2,(H,31,35);2-8,10,14-15,18-19,29H,9,11-13H2,1H3,(H,31,35);3-13H,14H2,1-2H3,(H,28,31);1-7,13-14,24H,8-12H2,(H,26,31). The van der Waals surface area contributed by atoms with Crippen LogP contribution in [-0.4, -0.2) is 203 Å². The molecule has 4 aliphatic heterocycles. The SMILES string of the molecule is CN(C)Cc1cnc2sc(-c3ccccc3NC(=O)c3cnc4ccccc4n3)nc2c1.Cc1nc(-c2cccnc2)sc1C(=O)Nc1ccccc1-c1cn2c(CN3CC4CC3CN4)csc2n1.O=C(Nc1ccccc1-c1cn2c(CN3CCNCC3)csc2n1)c1cccc(-c2ccccc2)c1.O=C(Nc1ccccc1-c1cn2c(CN3CCNCC3)csc2n1)c1nc2ncccc2o1. The summed E-state index contributed by atoms with van der Waals surface area (Å²) < 4.78 is 12.1. The van der Waals surface area contributed by atoms with E-state index < -0.39 is 5.91 Å². The summed E-state index contributed by atoms with van der Waals surface area (Å²) in [6.45, 7) is 15.9. The molecule has 4 fully saturated rings. The minimum atomic E-state index is -0.430. The van der Waals surface area contributed by atoms with Gasteiger partial charge in [-0.25, -0.2) is 39.9 Å². The Hall–Kier alpha value is -14.6. The number of pyridine rings is 3. The summed E-state index contributed by atoms with van der Waals surface area (Å²) in [5.41, 5.74) is 21.4. The molecule has 4 saturated heterocycles.